The van der Waals surface area contributed by atoms with Crippen molar-refractivity contribution in [1.29, 1.82) is 0 Å². The fraction of sp³-hybridized carbons (Fsp3) is 0.618. The predicted octanol–water partition coefficient (Wildman–Crippen LogP) is 8.71. The van der Waals surface area contributed by atoms with Crippen LogP contribution in [0.25, 0.3) is 0 Å². The lowest BCUT2D eigenvalue weighted by molar-refractivity contribution is -0.345. The van der Waals surface area contributed by atoms with E-state index in [-0.39, 0.29) is 11.8 Å². The van der Waals surface area contributed by atoms with Crippen LogP contribution in [0.3, 0.4) is 0 Å². The van der Waals surface area contributed by atoms with Gasteiger partial charge in [0.2, 0.25) is 0 Å². The number of likely N-dealkylation sites (tertiary alicyclic amines) is 1. The Hall–Kier alpha value is -2.13. The fourth-order valence-corrected chi connectivity index (χ4v) is 7.39. The van der Waals surface area contributed by atoms with E-state index >= 15 is 0 Å². The molecule has 0 spiro atoms. The van der Waals surface area contributed by atoms with E-state index in [0.717, 1.165) is 42.5 Å². The second kappa shape index (κ2) is 15.7. The molecular weight excluding hydrogens is 577 g/mol. The van der Waals surface area contributed by atoms with Crippen molar-refractivity contribution in [1.82, 2.24) is 9.80 Å². The topological polar surface area (TPSA) is 53.0 Å². The summed E-state index contributed by atoms with van der Waals surface area (Å²) in [5.41, 5.74) is 3.85. The third-order valence-corrected chi connectivity index (χ3v) is 9.57. The Kier molecular flexibility index (Phi) is 12.4. The van der Waals surface area contributed by atoms with Gasteiger partial charge in [-0.2, -0.15) is 0 Å². The van der Waals surface area contributed by atoms with Crippen LogP contribution >= 0.6 is 11.6 Å². The number of aryl methyl sites for hydroxylation is 1. The van der Waals surface area contributed by atoms with Gasteiger partial charge in [-0.15, -0.1) is 13.2 Å². The van der Waals surface area contributed by atoms with Crippen molar-refractivity contribution in [2.75, 3.05) is 33.2 Å². The van der Waals surface area contributed by atoms with Gasteiger partial charge in [-0.25, -0.2) is 0 Å². The SMILES string of the molecule is Cc1cccc(C(C(=O)O)N(C)CC[C@H](CCCN2CCCCC2)c2cccc(Cl)c2)c1C1CCC(OC(F)(F)F)CC1. The molecule has 0 bridgehead atoms. The number of carbonyl (C=O) groups is 1. The van der Waals surface area contributed by atoms with Gasteiger partial charge in [0.25, 0.3) is 0 Å². The van der Waals surface area contributed by atoms with Crippen LogP contribution in [0.15, 0.2) is 42.5 Å². The van der Waals surface area contributed by atoms with Crippen molar-refractivity contribution >= 4 is 17.6 Å². The molecule has 1 saturated heterocycles. The average Bonchev–Trinajstić information content (AvgIpc) is 2.95. The highest BCUT2D eigenvalue weighted by atomic mass is 35.5. The van der Waals surface area contributed by atoms with E-state index < -0.39 is 24.5 Å². The van der Waals surface area contributed by atoms with Crippen molar-refractivity contribution in [2.45, 2.75) is 101 Å². The highest BCUT2D eigenvalue weighted by molar-refractivity contribution is 6.30. The van der Waals surface area contributed by atoms with Gasteiger partial charge in [-0.3, -0.25) is 14.4 Å². The third-order valence-electron chi connectivity index (χ3n) is 9.34. The van der Waals surface area contributed by atoms with Gasteiger partial charge < -0.3 is 10.0 Å². The van der Waals surface area contributed by atoms with Gasteiger partial charge in [0, 0.05) is 5.02 Å². The molecule has 2 fully saturated rings. The molecule has 1 unspecified atom stereocenters. The Balaban J connectivity index is 1.47. The first-order valence-corrected chi connectivity index (χ1v) is 16.1. The molecule has 1 saturated carbocycles. The molecule has 0 radical (unpaired) electrons. The summed E-state index contributed by atoms with van der Waals surface area (Å²) in [7, 11) is 1.86. The van der Waals surface area contributed by atoms with Crippen LogP contribution in [0.5, 0.6) is 0 Å². The highest BCUT2D eigenvalue weighted by Crippen LogP contribution is 2.41. The Morgan fingerprint density at radius 2 is 1.77 bits per heavy atom. The third kappa shape index (κ3) is 9.93. The molecule has 1 aliphatic carbocycles. The molecule has 4 rings (SSSR count). The maximum atomic E-state index is 12.8. The van der Waals surface area contributed by atoms with Crippen molar-refractivity contribution in [2.24, 2.45) is 0 Å². The van der Waals surface area contributed by atoms with Crippen molar-refractivity contribution < 1.29 is 27.8 Å². The van der Waals surface area contributed by atoms with Gasteiger partial charge >= 0.3 is 12.3 Å². The van der Waals surface area contributed by atoms with Crippen LogP contribution in [0, 0.1) is 6.92 Å². The molecule has 1 N–H and O–H groups in total. The summed E-state index contributed by atoms with van der Waals surface area (Å²) in [5, 5.41) is 11.2. The van der Waals surface area contributed by atoms with E-state index in [1.54, 1.807) is 0 Å². The van der Waals surface area contributed by atoms with Crippen LogP contribution in [0.1, 0.15) is 104 Å². The molecule has 238 valence electrons. The summed E-state index contributed by atoms with van der Waals surface area (Å²) in [6, 6.07) is 12.9. The molecule has 43 heavy (non-hydrogen) atoms. The van der Waals surface area contributed by atoms with Crippen LogP contribution in [0.4, 0.5) is 13.2 Å². The minimum atomic E-state index is -4.64. The van der Waals surface area contributed by atoms with Crippen molar-refractivity contribution in [3.05, 3.63) is 69.7 Å². The lowest BCUT2D eigenvalue weighted by Crippen LogP contribution is -2.34. The lowest BCUT2D eigenvalue weighted by Gasteiger charge is -2.34. The molecule has 2 aromatic rings. The number of carboxylic acid groups (broad SMARTS) is 1. The predicted molar refractivity (Wildman–Crippen MR) is 165 cm³/mol. The molecule has 1 aliphatic heterocycles. The molecule has 0 aromatic heterocycles. The second-order valence-electron chi connectivity index (χ2n) is 12.4. The van der Waals surface area contributed by atoms with Gasteiger partial charge in [0.1, 0.15) is 6.04 Å². The number of nitrogens with zero attached hydrogens (tertiary/aromatic N) is 2. The molecule has 9 heteroatoms. The van der Waals surface area contributed by atoms with E-state index in [1.165, 1.54) is 37.9 Å². The Morgan fingerprint density at radius 1 is 1.07 bits per heavy atom. The summed E-state index contributed by atoms with van der Waals surface area (Å²) in [6.45, 7) is 5.96. The zero-order chi connectivity index (χ0) is 31.0. The number of alkyl halides is 3. The maximum Gasteiger partial charge on any atom is 0.522 e. The molecule has 2 atom stereocenters. The number of ether oxygens (including phenoxy) is 1. The van der Waals surface area contributed by atoms with E-state index in [1.807, 2.05) is 55.3 Å². The number of hydrogen-bond acceptors (Lipinski definition) is 4. The van der Waals surface area contributed by atoms with Crippen LogP contribution in [-0.4, -0.2) is 66.6 Å². The van der Waals surface area contributed by atoms with E-state index in [9.17, 15) is 23.1 Å². The number of benzene rings is 2. The minimum absolute atomic E-state index is 0.00599. The summed E-state index contributed by atoms with van der Waals surface area (Å²) >= 11 is 6.37. The number of aliphatic carboxylic acids is 1. The number of rotatable bonds is 13. The molecule has 5 nitrogen and oxygen atoms in total. The first kappa shape index (κ1) is 33.8. The quantitative estimate of drug-likeness (QED) is 0.242. The van der Waals surface area contributed by atoms with Crippen LogP contribution in [-0.2, 0) is 9.53 Å². The first-order chi connectivity index (χ1) is 20.5. The summed E-state index contributed by atoms with van der Waals surface area (Å²) in [5.74, 6) is -0.678. The molecule has 2 aliphatic rings. The molecule has 1 heterocycles. The van der Waals surface area contributed by atoms with Crippen molar-refractivity contribution in [3.63, 3.8) is 0 Å². The Labute approximate surface area is 259 Å². The average molecular weight is 623 g/mol. The molecular formula is C34H46ClF3N2O3. The lowest BCUT2D eigenvalue weighted by atomic mass is 9.77. The summed E-state index contributed by atoms with van der Waals surface area (Å²) in [6.07, 6.45) is 2.88. The summed E-state index contributed by atoms with van der Waals surface area (Å²) < 4.78 is 42.6. The highest BCUT2D eigenvalue weighted by Gasteiger charge is 2.37. The number of piperidine rings is 1. The van der Waals surface area contributed by atoms with Gasteiger partial charge in [0.05, 0.1) is 6.10 Å². The van der Waals surface area contributed by atoms with Crippen LogP contribution < -0.4 is 0 Å². The largest absolute Gasteiger partial charge is 0.522 e. The van der Waals surface area contributed by atoms with E-state index in [0.29, 0.717) is 37.3 Å². The maximum absolute atomic E-state index is 12.8. The van der Waals surface area contributed by atoms with E-state index in [4.69, 9.17) is 11.6 Å². The normalized spacial score (nSPS) is 21.6. The second-order valence-corrected chi connectivity index (χ2v) is 12.9. The standard InChI is InChI=1S/C34H46ClF3N2O3/c1-24-9-6-13-30(31(24)26-14-16-29(17-15-26)43-34(36,37)38)32(33(41)42)39(2)22-18-25(27-10-7-12-28(35)23-27)11-8-21-40-19-4-3-5-20-40/h6-7,9-10,12-13,23,25-26,29,32H,3-5,8,11,14-22H2,1-2H3,(H,41,42)/t25-,26?,29?,32?/m0/s1. The van der Waals surface area contributed by atoms with Gasteiger partial charge in [0.15, 0.2) is 0 Å². The van der Waals surface area contributed by atoms with Gasteiger partial charge in [-0.1, -0.05) is 48.4 Å². The zero-order valence-corrected chi connectivity index (χ0v) is 26.2. The summed E-state index contributed by atoms with van der Waals surface area (Å²) in [4.78, 5) is 17.3. The monoisotopic (exact) mass is 622 g/mol. The van der Waals surface area contributed by atoms with E-state index in [2.05, 4.69) is 15.7 Å². The zero-order valence-electron chi connectivity index (χ0n) is 25.4. The van der Waals surface area contributed by atoms with Crippen molar-refractivity contribution in [3.8, 4) is 0 Å². The Bertz CT molecular complexity index is 1180. The van der Waals surface area contributed by atoms with Gasteiger partial charge in [-0.05, 0) is 144 Å². The first-order valence-electron chi connectivity index (χ1n) is 15.8. The minimum Gasteiger partial charge on any atom is -0.480 e. The molecule has 2 aromatic carbocycles. The number of hydrogen-bond donors (Lipinski definition) is 1. The fourth-order valence-electron chi connectivity index (χ4n) is 7.19. The number of carboxylic acids is 1. The Morgan fingerprint density at radius 3 is 2.42 bits per heavy atom. The number of likely N-dealkylation sites (N-methyl/N-ethyl adjacent to an activating group) is 1. The molecule has 0 amide bonds. The van der Waals surface area contributed by atoms with Crippen LogP contribution in [0.2, 0.25) is 5.02 Å². The number of halogens is 4. The smallest absolute Gasteiger partial charge is 0.480 e.